The zero-order chi connectivity index (χ0) is 13.3. The molecule has 2 aliphatic rings. The molecule has 1 unspecified atom stereocenters. The van der Waals surface area contributed by atoms with Gasteiger partial charge in [-0.05, 0) is 48.3 Å². The summed E-state index contributed by atoms with van der Waals surface area (Å²) in [7, 11) is 0. The topological polar surface area (TPSA) is 29.5 Å². The van der Waals surface area contributed by atoms with Gasteiger partial charge in [0.25, 0.3) is 0 Å². The SMILES string of the molecule is CC1(C(O)CCc2ccc3c(c2)CCO3)CCCC1. The summed E-state index contributed by atoms with van der Waals surface area (Å²) in [5.74, 6) is 1.05. The van der Waals surface area contributed by atoms with Crippen LogP contribution in [0.2, 0.25) is 0 Å². The molecule has 0 aromatic heterocycles. The van der Waals surface area contributed by atoms with E-state index in [9.17, 15) is 5.11 Å². The van der Waals surface area contributed by atoms with E-state index in [1.165, 1.54) is 36.8 Å². The molecule has 0 bridgehead atoms. The molecule has 2 nitrogen and oxygen atoms in total. The highest BCUT2D eigenvalue weighted by Crippen LogP contribution is 2.41. The van der Waals surface area contributed by atoms with E-state index in [1.807, 2.05) is 0 Å². The summed E-state index contributed by atoms with van der Waals surface area (Å²) in [6, 6.07) is 6.49. The van der Waals surface area contributed by atoms with E-state index in [0.717, 1.165) is 31.6 Å². The lowest BCUT2D eigenvalue weighted by atomic mass is 9.80. The largest absolute Gasteiger partial charge is 0.493 e. The van der Waals surface area contributed by atoms with Gasteiger partial charge in [-0.3, -0.25) is 0 Å². The Morgan fingerprint density at radius 3 is 2.89 bits per heavy atom. The summed E-state index contributed by atoms with van der Waals surface area (Å²) < 4.78 is 5.53. The zero-order valence-electron chi connectivity index (χ0n) is 11.8. The Kier molecular flexibility index (Phi) is 3.53. The lowest BCUT2D eigenvalue weighted by Gasteiger charge is -2.30. The maximum absolute atomic E-state index is 10.4. The molecule has 1 aliphatic carbocycles. The van der Waals surface area contributed by atoms with Gasteiger partial charge < -0.3 is 9.84 Å². The van der Waals surface area contributed by atoms with Crippen molar-refractivity contribution in [2.75, 3.05) is 6.61 Å². The van der Waals surface area contributed by atoms with Gasteiger partial charge in [0.2, 0.25) is 0 Å². The average Bonchev–Trinajstić information content (AvgIpc) is 3.04. The fourth-order valence-electron chi connectivity index (χ4n) is 3.56. The van der Waals surface area contributed by atoms with Gasteiger partial charge in [0.05, 0.1) is 12.7 Å². The first kappa shape index (κ1) is 13.0. The Hall–Kier alpha value is -1.02. The summed E-state index contributed by atoms with van der Waals surface area (Å²) in [6.07, 6.45) is 7.68. The van der Waals surface area contributed by atoms with E-state index in [0.29, 0.717) is 0 Å². The van der Waals surface area contributed by atoms with Crippen LogP contribution in [0.4, 0.5) is 0 Å². The molecule has 0 radical (unpaired) electrons. The van der Waals surface area contributed by atoms with Gasteiger partial charge in [0.1, 0.15) is 5.75 Å². The smallest absolute Gasteiger partial charge is 0.122 e. The maximum atomic E-state index is 10.4. The predicted molar refractivity (Wildman–Crippen MR) is 76.5 cm³/mol. The third-order valence-corrected chi connectivity index (χ3v) is 5.01. The van der Waals surface area contributed by atoms with Crippen LogP contribution in [-0.4, -0.2) is 17.8 Å². The quantitative estimate of drug-likeness (QED) is 0.898. The summed E-state index contributed by atoms with van der Waals surface area (Å²) >= 11 is 0. The first-order valence-corrected chi connectivity index (χ1v) is 7.60. The molecular formula is C17H24O2. The van der Waals surface area contributed by atoms with Crippen LogP contribution < -0.4 is 4.74 Å². The van der Waals surface area contributed by atoms with Crippen molar-refractivity contribution in [2.24, 2.45) is 5.41 Å². The highest BCUT2D eigenvalue weighted by Gasteiger charge is 2.35. The number of rotatable bonds is 4. The van der Waals surface area contributed by atoms with Crippen LogP contribution in [0.25, 0.3) is 0 Å². The van der Waals surface area contributed by atoms with E-state index in [2.05, 4.69) is 25.1 Å². The number of ether oxygens (including phenoxy) is 1. The van der Waals surface area contributed by atoms with Crippen LogP contribution in [0.15, 0.2) is 18.2 Å². The number of aryl methyl sites for hydroxylation is 1. The van der Waals surface area contributed by atoms with Crippen molar-refractivity contribution in [2.45, 2.75) is 58.0 Å². The molecule has 3 rings (SSSR count). The Morgan fingerprint density at radius 1 is 1.32 bits per heavy atom. The first-order chi connectivity index (χ1) is 9.17. The molecule has 1 N–H and O–H groups in total. The lowest BCUT2D eigenvalue weighted by molar-refractivity contribution is 0.0354. The zero-order valence-corrected chi connectivity index (χ0v) is 11.8. The standard InChI is InChI=1S/C17H24O2/c1-17(9-2-3-10-17)16(18)7-5-13-4-6-15-14(12-13)8-11-19-15/h4,6,12,16,18H,2-3,5,7-11H2,1H3. The number of hydrogen-bond acceptors (Lipinski definition) is 2. The predicted octanol–water partition coefficient (Wildman–Crippen LogP) is 3.50. The van der Waals surface area contributed by atoms with Gasteiger partial charge in [0, 0.05) is 6.42 Å². The van der Waals surface area contributed by atoms with Crippen LogP contribution in [0, 0.1) is 5.41 Å². The molecule has 1 aliphatic heterocycles. The van der Waals surface area contributed by atoms with Gasteiger partial charge >= 0.3 is 0 Å². The molecule has 1 atom stereocenters. The normalized spacial score (nSPS) is 22.0. The molecule has 0 amide bonds. The van der Waals surface area contributed by atoms with Crippen LogP contribution in [0.3, 0.4) is 0 Å². The fraction of sp³-hybridized carbons (Fsp3) is 0.647. The summed E-state index contributed by atoms with van der Waals surface area (Å²) in [5, 5.41) is 10.4. The number of benzene rings is 1. The third kappa shape index (κ3) is 2.64. The molecule has 1 aromatic carbocycles. The van der Waals surface area contributed by atoms with Crippen LogP contribution >= 0.6 is 0 Å². The van der Waals surface area contributed by atoms with Crippen molar-refractivity contribution in [1.29, 1.82) is 0 Å². The van der Waals surface area contributed by atoms with Gasteiger partial charge in [-0.2, -0.15) is 0 Å². The van der Waals surface area contributed by atoms with Crippen LogP contribution in [0.1, 0.15) is 50.2 Å². The van der Waals surface area contributed by atoms with E-state index < -0.39 is 0 Å². The molecule has 1 saturated carbocycles. The van der Waals surface area contributed by atoms with Gasteiger partial charge in [-0.1, -0.05) is 31.9 Å². The van der Waals surface area contributed by atoms with E-state index in [4.69, 9.17) is 4.74 Å². The molecule has 104 valence electrons. The van der Waals surface area contributed by atoms with Crippen LogP contribution in [-0.2, 0) is 12.8 Å². The number of aliphatic hydroxyl groups excluding tert-OH is 1. The first-order valence-electron chi connectivity index (χ1n) is 7.60. The molecule has 2 heteroatoms. The van der Waals surface area contributed by atoms with Crippen molar-refractivity contribution in [3.8, 4) is 5.75 Å². The fourth-order valence-corrected chi connectivity index (χ4v) is 3.56. The summed E-state index contributed by atoms with van der Waals surface area (Å²) in [5.41, 5.74) is 2.84. The second kappa shape index (κ2) is 5.16. The molecular weight excluding hydrogens is 236 g/mol. The second-order valence-corrected chi connectivity index (χ2v) is 6.46. The minimum Gasteiger partial charge on any atom is -0.493 e. The Labute approximate surface area is 115 Å². The third-order valence-electron chi connectivity index (χ3n) is 5.01. The maximum Gasteiger partial charge on any atom is 0.122 e. The van der Waals surface area contributed by atoms with Crippen molar-refractivity contribution < 1.29 is 9.84 Å². The molecule has 19 heavy (non-hydrogen) atoms. The highest BCUT2D eigenvalue weighted by molar-refractivity contribution is 5.39. The number of aliphatic hydroxyl groups is 1. The Balaban J connectivity index is 1.60. The summed E-state index contributed by atoms with van der Waals surface area (Å²) in [6.45, 7) is 3.07. The number of hydrogen-bond donors (Lipinski definition) is 1. The summed E-state index contributed by atoms with van der Waals surface area (Å²) in [4.78, 5) is 0. The number of fused-ring (bicyclic) bond motifs is 1. The minimum absolute atomic E-state index is 0.153. The molecule has 1 heterocycles. The average molecular weight is 260 g/mol. The van der Waals surface area contributed by atoms with Crippen molar-refractivity contribution >= 4 is 0 Å². The van der Waals surface area contributed by atoms with E-state index in [1.54, 1.807) is 0 Å². The van der Waals surface area contributed by atoms with Gasteiger partial charge in [0.15, 0.2) is 0 Å². The lowest BCUT2D eigenvalue weighted by Crippen LogP contribution is -2.29. The van der Waals surface area contributed by atoms with Gasteiger partial charge in [-0.25, -0.2) is 0 Å². The second-order valence-electron chi connectivity index (χ2n) is 6.46. The van der Waals surface area contributed by atoms with Crippen LogP contribution in [0.5, 0.6) is 5.75 Å². The van der Waals surface area contributed by atoms with Gasteiger partial charge in [-0.15, -0.1) is 0 Å². The van der Waals surface area contributed by atoms with Crippen molar-refractivity contribution in [1.82, 2.24) is 0 Å². The minimum atomic E-state index is -0.153. The Morgan fingerprint density at radius 2 is 2.11 bits per heavy atom. The Bertz CT molecular complexity index is 447. The van der Waals surface area contributed by atoms with E-state index >= 15 is 0 Å². The highest BCUT2D eigenvalue weighted by atomic mass is 16.5. The molecule has 0 spiro atoms. The molecule has 1 aromatic rings. The molecule has 1 fully saturated rings. The van der Waals surface area contributed by atoms with E-state index in [-0.39, 0.29) is 11.5 Å². The monoisotopic (exact) mass is 260 g/mol. The van der Waals surface area contributed by atoms with Crippen molar-refractivity contribution in [3.63, 3.8) is 0 Å². The molecule has 0 saturated heterocycles. The van der Waals surface area contributed by atoms with Crippen molar-refractivity contribution in [3.05, 3.63) is 29.3 Å².